The number of nitrogens with zero attached hydrogens (tertiary/aromatic N) is 1. The molecule has 2 aromatic rings. The van der Waals surface area contributed by atoms with E-state index in [1.165, 1.54) is 0 Å². The number of carbonyl (C=O) groups is 1. The number of sulfonamides is 1. The summed E-state index contributed by atoms with van der Waals surface area (Å²) >= 11 is 0. The molecule has 0 saturated carbocycles. The molecule has 0 unspecified atom stereocenters. The number of carbonyl (C=O) groups excluding carboxylic acids is 1. The van der Waals surface area contributed by atoms with E-state index >= 15 is 0 Å². The fourth-order valence-corrected chi connectivity index (χ4v) is 3.75. The summed E-state index contributed by atoms with van der Waals surface area (Å²) in [6.45, 7) is 2.64. The number of amides is 1. The van der Waals surface area contributed by atoms with Gasteiger partial charge in [0.05, 0.1) is 32.8 Å². The minimum Gasteiger partial charge on any atom is -0.494 e. The van der Waals surface area contributed by atoms with Crippen molar-refractivity contribution in [3.05, 3.63) is 48.0 Å². The predicted octanol–water partition coefficient (Wildman–Crippen LogP) is 2.62. The maximum absolute atomic E-state index is 12.4. The summed E-state index contributed by atoms with van der Waals surface area (Å²) < 4.78 is 41.6. The third-order valence-electron chi connectivity index (χ3n) is 4.47. The molecule has 0 aliphatic carbocycles. The SMILES string of the molecule is CCCOc1ccc(N(CC(=O)NCCc2ccc(OC)c(OC)c2)S(C)(=O)=O)cc1. The van der Waals surface area contributed by atoms with Crippen molar-refractivity contribution in [1.82, 2.24) is 5.32 Å². The molecule has 1 amide bonds. The van der Waals surface area contributed by atoms with Gasteiger partial charge in [-0.1, -0.05) is 13.0 Å². The second-order valence-electron chi connectivity index (χ2n) is 6.90. The number of methoxy groups -OCH3 is 2. The average molecular weight is 451 g/mol. The number of hydrogen-bond donors (Lipinski definition) is 1. The fourth-order valence-electron chi connectivity index (χ4n) is 2.90. The van der Waals surface area contributed by atoms with Crippen molar-refractivity contribution in [3.8, 4) is 17.2 Å². The van der Waals surface area contributed by atoms with Crippen molar-refractivity contribution in [2.45, 2.75) is 19.8 Å². The Morgan fingerprint density at radius 1 is 1.03 bits per heavy atom. The Kier molecular flexibility index (Phi) is 8.99. The normalized spacial score (nSPS) is 11.0. The molecule has 0 atom stereocenters. The van der Waals surface area contributed by atoms with Crippen LogP contribution in [-0.4, -0.2) is 54.5 Å². The van der Waals surface area contributed by atoms with Crippen LogP contribution in [0.4, 0.5) is 5.69 Å². The molecule has 0 radical (unpaired) electrons. The summed E-state index contributed by atoms with van der Waals surface area (Å²) in [6.07, 6.45) is 2.51. The monoisotopic (exact) mass is 450 g/mol. The van der Waals surface area contributed by atoms with Crippen LogP contribution < -0.4 is 23.8 Å². The van der Waals surface area contributed by atoms with Gasteiger partial charge in [-0.05, 0) is 54.8 Å². The molecule has 2 rings (SSSR count). The van der Waals surface area contributed by atoms with Crippen molar-refractivity contribution in [1.29, 1.82) is 0 Å². The van der Waals surface area contributed by atoms with E-state index in [2.05, 4.69) is 5.32 Å². The molecule has 1 N–H and O–H groups in total. The summed E-state index contributed by atoms with van der Waals surface area (Å²) in [5.74, 6) is 1.50. The number of nitrogens with one attached hydrogen (secondary N) is 1. The van der Waals surface area contributed by atoms with Crippen LogP contribution in [0.3, 0.4) is 0 Å². The first-order chi connectivity index (χ1) is 14.8. The Hall–Kier alpha value is -2.94. The lowest BCUT2D eigenvalue weighted by molar-refractivity contribution is -0.119. The van der Waals surface area contributed by atoms with Crippen LogP contribution in [0.2, 0.25) is 0 Å². The van der Waals surface area contributed by atoms with Crippen molar-refractivity contribution in [3.63, 3.8) is 0 Å². The molecule has 0 aliphatic rings. The van der Waals surface area contributed by atoms with E-state index in [0.29, 0.717) is 42.5 Å². The smallest absolute Gasteiger partial charge is 0.240 e. The van der Waals surface area contributed by atoms with E-state index in [1.54, 1.807) is 44.6 Å². The second kappa shape index (κ2) is 11.5. The second-order valence-corrected chi connectivity index (χ2v) is 8.81. The van der Waals surface area contributed by atoms with Crippen LogP contribution in [-0.2, 0) is 21.2 Å². The molecule has 0 spiro atoms. The number of rotatable bonds is 12. The first-order valence-electron chi connectivity index (χ1n) is 9.96. The van der Waals surface area contributed by atoms with E-state index < -0.39 is 15.9 Å². The summed E-state index contributed by atoms with van der Waals surface area (Å²) in [4.78, 5) is 12.4. The zero-order valence-corrected chi connectivity index (χ0v) is 19.2. The lowest BCUT2D eigenvalue weighted by atomic mass is 10.1. The summed E-state index contributed by atoms with van der Waals surface area (Å²) in [6, 6.07) is 12.2. The highest BCUT2D eigenvalue weighted by atomic mass is 32.2. The van der Waals surface area contributed by atoms with Crippen LogP contribution in [0.25, 0.3) is 0 Å². The zero-order chi connectivity index (χ0) is 22.9. The molecule has 0 bridgehead atoms. The molecule has 2 aromatic carbocycles. The minimum absolute atomic E-state index is 0.306. The van der Waals surface area contributed by atoms with Gasteiger partial charge in [0.2, 0.25) is 15.9 Å². The van der Waals surface area contributed by atoms with Crippen LogP contribution in [0.5, 0.6) is 17.2 Å². The highest BCUT2D eigenvalue weighted by Gasteiger charge is 2.20. The van der Waals surface area contributed by atoms with E-state index in [1.807, 2.05) is 19.1 Å². The third-order valence-corrected chi connectivity index (χ3v) is 5.61. The van der Waals surface area contributed by atoms with E-state index in [-0.39, 0.29) is 6.54 Å². The Balaban J connectivity index is 1.97. The lowest BCUT2D eigenvalue weighted by Gasteiger charge is -2.22. The first kappa shape index (κ1) is 24.3. The highest BCUT2D eigenvalue weighted by Crippen LogP contribution is 2.27. The maximum Gasteiger partial charge on any atom is 0.240 e. The van der Waals surface area contributed by atoms with Crippen LogP contribution in [0.1, 0.15) is 18.9 Å². The van der Waals surface area contributed by atoms with Crippen molar-refractivity contribution >= 4 is 21.6 Å². The summed E-state index contributed by atoms with van der Waals surface area (Å²) in [5, 5.41) is 2.77. The molecule has 0 fully saturated rings. The van der Waals surface area contributed by atoms with Crippen molar-refractivity contribution < 1.29 is 27.4 Å². The zero-order valence-electron chi connectivity index (χ0n) is 18.4. The Morgan fingerprint density at radius 3 is 2.29 bits per heavy atom. The van der Waals surface area contributed by atoms with Gasteiger partial charge in [0.15, 0.2) is 11.5 Å². The fraction of sp³-hybridized carbons (Fsp3) is 0.409. The highest BCUT2D eigenvalue weighted by molar-refractivity contribution is 7.92. The number of benzene rings is 2. The Morgan fingerprint density at radius 2 is 1.71 bits per heavy atom. The van der Waals surface area contributed by atoms with Crippen LogP contribution in [0, 0.1) is 0 Å². The molecular formula is C22H30N2O6S. The molecule has 8 nitrogen and oxygen atoms in total. The maximum atomic E-state index is 12.4. The quantitative estimate of drug-likeness (QED) is 0.534. The Bertz CT molecular complexity index is 960. The molecule has 0 aromatic heterocycles. The number of anilines is 1. The van der Waals surface area contributed by atoms with Gasteiger partial charge in [0.1, 0.15) is 12.3 Å². The van der Waals surface area contributed by atoms with Gasteiger partial charge < -0.3 is 19.5 Å². The average Bonchev–Trinajstić information content (AvgIpc) is 2.75. The van der Waals surface area contributed by atoms with Gasteiger partial charge in [-0.15, -0.1) is 0 Å². The lowest BCUT2D eigenvalue weighted by Crippen LogP contribution is -2.40. The molecule has 9 heteroatoms. The van der Waals surface area contributed by atoms with Gasteiger partial charge in [-0.2, -0.15) is 0 Å². The van der Waals surface area contributed by atoms with E-state index in [9.17, 15) is 13.2 Å². The van der Waals surface area contributed by atoms with E-state index in [4.69, 9.17) is 14.2 Å². The largest absolute Gasteiger partial charge is 0.494 e. The number of ether oxygens (including phenoxy) is 3. The molecule has 0 saturated heterocycles. The predicted molar refractivity (Wildman–Crippen MR) is 121 cm³/mol. The standard InChI is InChI=1S/C22H30N2O6S/c1-5-14-30-19-9-7-18(8-10-19)24(31(4,26)27)16-22(25)23-13-12-17-6-11-20(28-2)21(15-17)29-3/h6-11,15H,5,12-14,16H2,1-4H3,(H,23,25). The molecule has 31 heavy (non-hydrogen) atoms. The van der Waals surface area contributed by atoms with Crippen molar-refractivity contribution in [2.75, 3.05) is 44.5 Å². The van der Waals surface area contributed by atoms with Crippen LogP contribution >= 0.6 is 0 Å². The van der Waals surface area contributed by atoms with Crippen LogP contribution in [0.15, 0.2) is 42.5 Å². The topological polar surface area (TPSA) is 94.2 Å². The minimum atomic E-state index is -3.64. The summed E-state index contributed by atoms with van der Waals surface area (Å²) in [7, 11) is -0.508. The number of hydrogen-bond acceptors (Lipinski definition) is 6. The van der Waals surface area contributed by atoms with Gasteiger partial charge in [-0.3, -0.25) is 9.10 Å². The molecule has 170 valence electrons. The van der Waals surface area contributed by atoms with Gasteiger partial charge in [0.25, 0.3) is 0 Å². The molecule has 0 aliphatic heterocycles. The van der Waals surface area contributed by atoms with E-state index in [0.717, 1.165) is 22.5 Å². The summed E-state index contributed by atoms with van der Waals surface area (Å²) in [5.41, 5.74) is 1.36. The van der Waals surface area contributed by atoms with Gasteiger partial charge in [-0.25, -0.2) is 8.42 Å². The third kappa shape index (κ3) is 7.36. The van der Waals surface area contributed by atoms with Gasteiger partial charge >= 0.3 is 0 Å². The molecule has 0 heterocycles. The first-order valence-corrected chi connectivity index (χ1v) is 11.8. The van der Waals surface area contributed by atoms with Gasteiger partial charge in [0, 0.05) is 6.54 Å². The van der Waals surface area contributed by atoms with Crippen molar-refractivity contribution in [2.24, 2.45) is 0 Å². The Labute approximate surface area is 184 Å². The molecular weight excluding hydrogens is 420 g/mol.